The second kappa shape index (κ2) is 7.15. The predicted molar refractivity (Wildman–Crippen MR) is 116 cm³/mol. The Kier molecular flexibility index (Phi) is 4.32. The Morgan fingerprint density at radius 1 is 1.00 bits per heavy atom. The van der Waals surface area contributed by atoms with Gasteiger partial charge >= 0.3 is 0 Å². The molecule has 0 saturated carbocycles. The van der Waals surface area contributed by atoms with E-state index in [0.29, 0.717) is 22.6 Å². The summed E-state index contributed by atoms with van der Waals surface area (Å²) in [4.78, 5) is 18.4. The van der Waals surface area contributed by atoms with Crippen molar-refractivity contribution in [2.45, 2.75) is 20.3 Å². The van der Waals surface area contributed by atoms with E-state index in [9.17, 15) is 4.79 Å². The van der Waals surface area contributed by atoms with E-state index in [4.69, 9.17) is 9.40 Å². The van der Waals surface area contributed by atoms with Crippen LogP contribution in [0.4, 0.5) is 0 Å². The van der Waals surface area contributed by atoms with Gasteiger partial charge in [0.2, 0.25) is 0 Å². The summed E-state index contributed by atoms with van der Waals surface area (Å²) in [5, 5.41) is 4.91. The lowest BCUT2D eigenvalue weighted by atomic mass is 10.1. The Balaban J connectivity index is 1.82. The Labute approximate surface area is 173 Å². The molecule has 6 heteroatoms. The molecule has 2 aromatic carbocycles. The van der Waals surface area contributed by atoms with Gasteiger partial charge in [0, 0.05) is 0 Å². The molecule has 6 nitrogen and oxygen atoms in total. The standard InChI is InChI=1S/C24H20N4O2/c1-3-17-6-4-7-19(14-17)27-23(21-8-5-13-30-21)26-22-20(24(27)29)15-25-28(22)18-11-9-16(2)10-12-18/h4-15H,3H2,1-2H3. The van der Waals surface area contributed by atoms with Crippen molar-refractivity contribution in [3.8, 4) is 23.0 Å². The van der Waals surface area contributed by atoms with Gasteiger partial charge in [0.1, 0.15) is 5.39 Å². The van der Waals surface area contributed by atoms with Gasteiger partial charge < -0.3 is 4.42 Å². The monoisotopic (exact) mass is 396 g/mol. The van der Waals surface area contributed by atoms with E-state index >= 15 is 0 Å². The van der Waals surface area contributed by atoms with Crippen molar-refractivity contribution in [3.63, 3.8) is 0 Å². The second-order valence-corrected chi connectivity index (χ2v) is 7.21. The molecular formula is C24H20N4O2. The third kappa shape index (κ3) is 2.93. The first kappa shape index (κ1) is 18.1. The summed E-state index contributed by atoms with van der Waals surface area (Å²) in [5.41, 5.74) is 4.20. The van der Waals surface area contributed by atoms with Gasteiger partial charge in [0.05, 0.1) is 23.8 Å². The Bertz CT molecular complexity index is 1390. The third-order valence-electron chi connectivity index (χ3n) is 5.20. The lowest BCUT2D eigenvalue weighted by molar-refractivity contribution is 0.574. The van der Waals surface area contributed by atoms with Crippen molar-refractivity contribution in [2.24, 2.45) is 0 Å². The minimum absolute atomic E-state index is 0.182. The fourth-order valence-corrected chi connectivity index (χ4v) is 3.57. The van der Waals surface area contributed by atoms with Crippen LogP contribution >= 0.6 is 0 Å². The topological polar surface area (TPSA) is 65.8 Å². The molecule has 0 N–H and O–H groups in total. The maximum atomic E-state index is 13.6. The highest BCUT2D eigenvalue weighted by molar-refractivity contribution is 5.78. The van der Waals surface area contributed by atoms with E-state index in [1.807, 2.05) is 55.5 Å². The van der Waals surface area contributed by atoms with E-state index in [1.54, 1.807) is 33.8 Å². The SMILES string of the molecule is CCc1cccc(-n2c(-c3ccco3)nc3c(cnn3-c3ccc(C)cc3)c2=O)c1. The smallest absolute Gasteiger partial charge is 0.269 e. The number of rotatable bonds is 4. The van der Waals surface area contributed by atoms with E-state index in [1.165, 1.54) is 0 Å². The van der Waals surface area contributed by atoms with Crippen LogP contribution in [0, 0.1) is 6.92 Å². The van der Waals surface area contributed by atoms with Crippen molar-refractivity contribution in [1.29, 1.82) is 0 Å². The first-order chi connectivity index (χ1) is 14.7. The minimum atomic E-state index is -0.182. The van der Waals surface area contributed by atoms with Crippen molar-refractivity contribution >= 4 is 11.0 Å². The average Bonchev–Trinajstić information content (AvgIpc) is 3.44. The molecule has 0 aliphatic rings. The second-order valence-electron chi connectivity index (χ2n) is 7.21. The number of benzene rings is 2. The van der Waals surface area contributed by atoms with Crippen LogP contribution in [0.2, 0.25) is 0 Å². The predicted octanol–water partition coefficient (Wildman–Crippen LogP) is 4.70. The molecule has 0 fully saturated rings. The van der Waals surface area contributed by atoms with Crippen LogP contribution in [0.25, 0.3) is 34.0 Å². The summed E-state index contributed by atoms with van der Waals surface area (Å²) in [6.45, 7) is 4.11. The number of hydrogen-bond donors (Lipinski definition) is 0. The fourth-order valence-electron chi connectivity index (χ4n) is 3.57. The molecule has 5 rings (SSSR count). The van der Waals surface area contributed by atoms with Crippen molar-refractivity contribution < 1.29 is 4.42 Å². The van der Waals surface area contributed by atoms with Gasteiger partial charge in [-0.05, 0) is 55.3 Å². The van der Waals surface area contributed by atoms with Crippen LogP contribution in [-0.2, 0) is 6.42 Å². The quantitative estimate of drug-likeness (QED) is 0.442. The molecule has 30 heavy (non-hydrogen) atoms. The Morgan fingerprint density at radius 2 is 1.83 bits per heavy atom. The summed E-state index contributed by atoms with van der Waals surface area (Å²) < 4.78 is 8.92. The van der Waals surface area contributed by atoms with Crippen LogP contribution in [0.1, 0.15) is 18.1 Å². The summed E-state index contributed by atoms with van der Waals surface area (Å²) in [7, 11) is 0. The molecule has 0 aliphatic heterocycles. The zero-order chi connectivity index (χ0) is 20.7. The lowest BCUT2D eigenvalue weighted by Crippen LogP contribution is -2.22. The van der Waals surface area contributed by atoms with Crippen LogP contribution in [0.5, 0.6) is 0 Å². The largest absolute Gasteiger partial charge is 0.461 e. The molecule has 5 aromatic rings. The highest BCUT2D eigenvalue weighted by atomic mass is 16.3. The van der Waals surface area contributed by atoms with E-state index < -0.39 is 0 Å². The van der Waals surface area contributed by atoms with Gasteiger partial charge in [-0.15, -0.1) is 0 Å². The molecule has 0 amide bonds. The fraction of sp³-hybridized carbons (Fsp3) is 0.125. The van der Waals surface area contributed by atoms with Gasteiger partial charge in [-0.3, -0.25) is 9.36 Å². The Morgan fingerprint density at radius 3 is 2.57 bits per heavy atom. The molecule has 3 aromatic heterocycles. The zero-order valence-electron chi connectivity index (χ0n) is 16.7. The van der Waals surface area contributed by atoms with Gasteiger partial charge in [0.15, 0.2) is 17.2 Å². The normalized spacial score (nSPS) is 11.3. The number of fused-ring (bicyclic) bond motifs is 1. The van der Waals surface area contributed by atoms with Crippen LogP contribution in [0.3, 0.4) is 0 Å². The summed E-state index contributed by atoms with van der Waals surface area (Å²) >= 11 is 0. The number of nitrogens with zero attached hydrogens (tertiary/aromatic N) is 4. The molecular weight excluding hydrogens is 376 g/mol. The Hall–Kier alpha value is -3.93. The first-order valence-electron chi connectivity index (χ1n) is 9.86. The van der Waals surface area contributed by atoms with Crippen molar-refractivity contribution in [2.75, 3.05) is 0 Å². The molecule has 0 atom stereocenters. The van der Waals surface area contributed by atoms with Gasteiger partial charge in [-0.1, -0.05) is 36.8 Å². The zero-order valence-corrected chi connectivity index (χ0v) is 16.7. The van der Waals surface area contributed by atoms with E-state index in [2.05, 4.69) is 12.0 Å². The summed E-state index contributed by atoms with van der Waals surface area (Å²) in [6, 6.07) is 19.4. The van der Waals surface area contributed by atoms with E-state index in [0.717, 1.165) is 28.9 Å². The average molecular weight is 396 g/mol. The molecule has 0 unspecified atom stereocenters. The van der Waals surface area contributed by atoms with Crippen LogP contribution < -0.4 is 5.56 Å². The number of aromatic nitrogens is 4. The highest BCUT2D eigenvalue weighted by Crippen LogP contribution is 2.24. The molecule has 3 heterocycles. The van der Waals surface area contributed by atoms with Crippen LogP contribution in [0.15, 0.2) is 82.3 Å². The maximum absolute atomic E-state index is 13.6. The van der Waals surface area contributed by atoms with Crippen LogP contribution in [-0.4, -0.2) is 19.3 Å². The van der Waals surface area contributed by atoms with Gasteiger partial charge in [-0.25, -0.2) is 9.67 Å². The van der Waals surface area contributed by atoms with Gasteiger partial charge in [0.25, 0.3) is 5.56 Å². The summed E-state index contributed by atoms with van der Waals surface area (Å²) in [5.74, 6) is 0.965. The van der Waals surface area contributed by atoms with E-state index in [-0.39, 0.29) is 5.56 Å². The molecule has 148 valence electrons. The molecule has 0 bridgehead atoms. The molecule has 0 aliphatic carbocycles. The minimum Gasteiger partial charge on any atom is -0.461 e. The number of hydrogen-bond acceptors (Lipinski definition) is 4. The molecule has 0 spiro atoms. The molecule has 0 radical (unpaired) electrons. The highest BCUT2D eigenvalue weighted by Gasteiger charge is 2.20. The summed E-state index contributed by atoms with van der Waals surface area (Å²) in [6.07, 6.45) is 4.03. The maximum Gasteiger partial charge on any atom is 0.269 e. The van der Waals surface area contributed by atoms with Crippen molar-refractivity contribution in [3.05, 3.63) is 94.6 Å². The van der Waals surface area contributed by atoms with Gasteiger partial charge in [-0.2, -0.15) is 5.10 Å². The first-order valence-corrected chi connectivity index (χ1v) is 9.86. The third-order valence-corrected chi connectivity index (χ3v) is 5.20. The van der Waals surface area contributed by atoms with Crippen molar-refractivity contribution in [1.82, 2.24) is 19.3 Å². The molecule has 0 saturated heterocycles. The lowest BCUT2D eigenvalue weighted by Gasteiger charge is -2.12. The number of furan rings is 1. The number of aryl methyl sites for hydroxylation is 2.